The number of aromatic nitrogens is 2. The standard InChI is InChI=1S/C13H17N3O2S/c17-9-7-14-6-3-8-16-12(18)10-4-1-2-5-11(10)15-13(16)19/h1-2,4-5,14,17H,3,6-9H2,(H,15,19). The SMILES string of the molecule is O=c1c2ccccc2[nH]c(=S)n1CCCNCCO. The lowest BCUT2D eigenvalue weighted by Crippen LogP contribution is -2.25. The van der Waals surface area contributed by atoms with E-state index in [1.165, 1.54) is 0 Å². The van der Waals surface area contributed by atoms with Crippen molar-refractivity contribution in [3.05, 3.63) is 39.4 Å². The maximum Gasteiger partial charge on any atom is 0.262 e. The van der Waals surface area contributed by atoms with Crippen molar-refractivity contribution in [2.75, 3.05) is 19.7 Å². The molecule has 102 valence electrons. The van der Waals surface area contributed by atoms with Crippen molar-refractivity contribution in [3.63, 3.8) is 0 Å². The lowest BCUT2D eigenvalue weighted by molar-refractivity contribution is 0.291. The van der Waals surface area contributed by atoms with Crippen molar-refractivity contribution in [2.24, 2.45) is 0 Å². The van der Waals surface area contributed by atoms with Crippen molar-refractivity contribution in [1.82, 2.24) is 14.9 Å². The number of para-hydroxylation sites is 1. The highest BCUT2D eigenvalue weighted by atomic mass is 32.1. The molecule has 2 rings (SSSR count). The van der Waals surface area contributed by atoms with Crippen LogP contribution in [-0.2, 0) is 6.54 Å². The summed E-state index contributed by atoms with van der Waals surface area (Å²) in [6, 6.07) is 7.35. The van der Waals surface area contributed by atoms with E-state index < -0.39 is 0 Å². The zero-order valence-corrected chi connectivity index (χ0v) is 11.4. The summed E-state index contributed by atoms with van der Waals surface area (Å²) in [5, 5.41) is 12.4. The van der Waals surface area contributed by atoms with Crippen LogP contribution in [0.4, 0.5) is 0 Å². The molecule has 0 aliphatic rings. The summed E-state index contributed by atoms with van der Waals surface area (Å²) in [6.07, 6.45) is 0.787. The first-order chi connectivity index (χ1) is 9.24. The quantitative estimate of drug-likeness (QED) is 0.546. The molecule has 0 bridgehead atoms. The third kappa shape index (κ3) is 3.28. The number of H-pyrrole nitrogens is 1. The molecule has 2 aromatic rings. The molecule has 19 heavy (non-hydrogen) atoms. The molecule has 1 aromatic heterocycles. The number of fused-ring (bicyclic) bond motifs is 1. The second-order valence-corrected chi connectivity index (χ2v) is 4.65. The van der Waals surface area contributed by atoms with Crippen LogP contribution in [0.3, 0.4) is 0 Å². The molecule has 0 unspecified atom stereocenters. The number of benzene rings is 1. The average molecular weight is 279 g/mol. The summed E-state index contributed by atoms with van der Waals surface area (Å²) >= 11 is 5.21. The smallest absolute Gasteiger partial charge is 0.262 e. The van der Waals surface area contributed by atoms with Gasteiger partial charge in [-0.2, -0.15) is 0 Å². The predicted molar refractivity (Wildman–Crippen MR) is 78.0 cm³/mol. The number of rotatable bonds is 6. The Morgan fingerprint density at radius 2 is 2.11 bits per heavy atom. The van der Waals surface area contributed by atoms with Gasteiger partial charge in [0.15, 0.2) is 4.77 Å². The van der Waals surface area contributed by atoms with Crippen LogP contribution in [-0.4, -0.2) is 34.4 Å². The van der Waals surface area contributed by atoms with E-state index >= 15 is 0 Å². The maximum atomic E-state index is 12.3. The van der Waals surface area contributed by atoms with Gasteiger partial charge in [-0.15, -0.1) is 0 Å². The number of hydrogen-bond donors (Lipinski definition) is 3. The Hall–Kier alpha value is -1.50. The van der Waals surface area contributed by atoms with Gasteiger partial charge < -0.3 is 15.4 Å². The van der Waals surface area contributed by atoms with Gasteiger partial charge in [0.25, 0.3) is 5.56 Å². The fourth-order valence-corrected chi connectivity index (χ4v) is 2.25. The number of aromatic amines is 1. The van der Waals surface area contributed by atoms with Gasteiger partial charge in [0, 0.05) is 13.1 Å². The molecule has 0 aliphatic carbocycles. The monoisotopic (exact) mass is 279 g/mol. The largest absolute Gasteiger partial charge is 0.395 e. The molecule has 5 nitrogen and oxygen atoms in total. The van der Waals surface area contributed by atoms with Gasteiger partial charge in [-0.3, -0.25) is 9.36 Å². The summed E-state index contributed by atoms with van der Waals surface area (Å²) in [4.78, 5) is 15.4. The van der Waals surface area contributed by atoms with Crippen LogP contribution in [0.15, 0.2) is 29.1 Å². The van der Waals surface area contributed by atoms with Gasteiger partial charge in [-0.05, 0) is 37.3 Å². The van der Waals surface area contributed by atoms with Crippen LogP contribution in [0.2, 0.25) is 0 Å². The summed E-state index contributed by atoms with van der Waals surface area (Å²) in [6.45, 7) is 2.00. The Balaban J connectivity index is 2.19. The second-order valence-electron chi connectivity index (χ2n) is 4.26. The second kappa shape index (κ2) is 6.60. The third-order valence-corrected chi connectivity index (χ3v) is 3.24. The molecule has 0 radical (unpaired) electrons. The molecule has 0 amide bonds. The molecule has 0 fully saturated rings. The van der Waals surface area contributed by atoms with Gasteiger partial charge >= 0.3 is 0 Å². The first-order valence-corrected chi connectivity index (χ1v) is 6.68. The van der Waals surface area contributed by atoms with Crippen LogP contribution >= 0.6 is 12.2 Å². The van der Waals surface area contributed by atoms with Crippen LogP contribution in [0.1, 0.15) is 6.42 Å². The van der Waals surface area contributed by atoms with Crippen molar-refractivity contribution >= 4 is 23.1 Å². The maximum absolute atomic E-state index is 12.3. The van der Waals surface area contributed by atoms with E-state index in [-0.39, 0.29) is 12.2 Å². The van der Waals surface area contributed by atoms with Crippen LogP contribution in [0.5, 0.6) is 0 Å². The normalized spacial score (nSPS) is 11.0. The van der Waals surface area contributed by atoms with E-state index in [0.717, 1.165) is 18.5 Å². The van der Waals surface area contributed by atoms with Gasteiger partial charge in [0.2, 0.25) is 0 Å². The van der Waals surface area contributed by atoms with Crippen molar-refractivity contribution in [2.45, 2.75) is 13.0 Å². The summed E-state index contributed by atoms with van der Waals surface area (Å²) in [7, 11) is 0. The van der Waals surface area contributed by atoms with Gasteiger partial charge in [0.05, 0.1) is 17.5 Å². The molecule has 0 aliphatic heterocycles. The van der Waals surface area contributed by atoms with E-state index in [9.17, 15) is 4.79 Å². The minimum absolute atomic E-state index is 0.0542. The summed E-state index contributed by atoms with van der Waals surface area (Å²) in [5.74, 6) is 0. The van der Waals surface area contributed by atoms with Crippen molar-refractivity contribution < 1.29 is 5.11 Å². The average Bonchev–Trinajstić information content (AvgIpc) is 2.42. The van der Waals surface area contributed by atoms with Crippen LogP contribution in [0.25, 0.3) is 10.9 Å². The Morgan fingerprint density at radius 3 is 2.89 bits per heavy atom. The zero-order valence-electron chi connectivity index (χ0n) is 10.6. The van der Waals surface area contributed by atoms with Crippen LogP contribution in [0, 0.1) is 4.77 Å². The number of aliphatic hydroxyl groups is 1. The van der Waals surface area contributed by atoms with E-state index in [1.807, 2.05) is 18.2 Å². The van der Waals surface area contributed by atoms with E-state index in [1.54, 1.807) is 10.6 Å². The number of nitrogens with one attached hydrogen (secondary N) is 2. The molecule has 3 N–H and O–H groups in total. The lowest BCUT2D eigenvalue weighted by atomic mass is 10.2. The fraction of sp³-hybridized carbons (Fsp3) is 0.385. The molecule has 0 saturated heterocycles. The summed E-state index contributed by atoms with van der Waals surface area (Å²) < 4.78 is 2.03. The van der Waals surface area contributed by atoms with Crippen molar-refractivity contribution in [3.8, 4) is 0 Å². The van der Waals surface area contributed by atoms with E-state index in [0.29, 0.717) is 23.2 Å². The Bertz CT molecular complexity index is 663. The molecule has 6 heteroatoms. The lowest BCUT2D eigenvalue weighted by Gasteiger charge is -2.08. The van der Waals surface area contributed by atoms with E-state index in [2.05, 4.69) is 10.3 Å². The van der Waals surface area contributed by atoms with Crippen molar-refractivity contribution in [1.29, 1.82) is 0 Å². The number of nitrogens with zero attached hydrogens (tertiary/aromatic N) is 1. The fourth-order valence-electron chi connectivity index (χ4n) is 1.97. The first-order valence-electron chi connectivity index (χ1n) is 6.27. The minimum Gasteiger partial charge on any atom is -0.395 e. The third-order valence-electron chi connectivity index (χ3n) is 2.91. The Kier molecular flexibility index (Phi) is 4.84. The van der Waals surface area contributed by atoms with Gasteiger partial charge in [0.1, 0.15) is 0 Å². The zero-order chi connectivity index (χ0) is 13.7. The molecule has 0 spiro atoms. The topological polar surface area (TPSA) is 70.0 Å². The molecule has 0 atom stereocenters. The summed E-state index contributed by atoms with van der Waals surface area (Å²) in [5.41, 5.74) is 0.716. The van der Waals surface area contributed by atoms with E-state index in [4.69, 9.17) is 17.3 Å². The highest BCUT2D eigenvalue weighted by Gasteiger charge is 2.04. The van der Waals surface area contributed by atoms with Crippen LogP contribution < -0.4 is 10.9 Å². The molecule has 1 aromatic carbocycles. The highest BCUT2D eigenvalue weighted by Crippen LogP contribution is 2.05. The molecular weight excluding hydrogens is 262 g/mol. The molecule has 0 saturated carbocycles. The number of hydrogen-bond acceptors (Lipinski definition) is 4. The first kappa shape index (κ1) is 13.9. The molecule has 1 heterocycles. The number of aliphatic hydroxyl groups excluding tert-OH is 1. The Labute approximate surface area is 115 Å². The van der Waals surface area contributed by atoms with Gasteiger partial charge in [-0.1, -0.05) is 12.1 Å². The minimum atomic E-state index is -0.0542. The highest BCUT2D eigenvalue weighted by molar-refractivity contribution is 7.71. The Morgan fingerprint density at radius 1 is 1.32 bits per heavy atom. The van der Waals surface area contributed by atoms with Gasteiger partial charge in [-0.25, -0.2) is 0 Å². The molecular formula is C13H17N3O2S. The predicted octanol–water partition coefficient (Wildman–Crippen LogP) is 1.03.